The summed E-state index contributed by atoms with van der Waals surface area (Å²) >= 11 is 3.93. The van der Waals surface area contributed by atoms with Crippen molar-refractivity contribution in [3.8, 4) is 11.3 Å². The topological polar surface area (TPSA) is 123 Å². The largest absolute Gasteiger partial charge is 0.330 e. The molecule has 0 aliphatic heterocycles. The summed E-state index contributed by atoms with van der Waals surface area (Å²) in [6, 6.07) is 15.9. The Morgan fingerprint density at radius 1 is 1.12 bits per heavy atom. The van der Waals surface area contributed by atoms with Crippen LogP contribution in [0.15, 0.2) is 64.3 Å². The number of amides is 1. The van der Waals surface area contributed by atoms with E-state index in [0.29, 0.717) is 25.9 Å². The van der Waals surface area contributed by atoms with Crippen LogP contribution in [0, 0.1) is 10.1 Å². The molecule has 162 valence electrons. The quantitative estimate of drug-likeness (QED) is 0.193. The molecule has 0 aliphatic carbocycles. The van der Waals surface area contributed by atoms with Crippen LogP contribution in [0.5, 0.6) is 0 Å². The average Bonchev–Trinajstić information content (AvgIpc) is 3.44. The van der Waals surface area contributed by atoms with E-state index in [1.54, 1.807) is 24.4 Å². The number of thioether (sulfide) groups is 1. The molecular formula is C20H16N6O3S3. The summed E-state index contributed by atoms with van der Waals surface area (Å²) in [5, 5.41) is 27.6. The lowest BCUT2D eigenvalue weighted by molar-refractivity contribution is -0.384. The van der Waals surface area contributed by atoms with E-state index in [1.807, 2.05) is 30.3 Å². The highest BCUT2D eigenvalue weighted by Crippen LogP contribution is 2.32. The summed E-state index contributed by atoms with van der Waals surface area (Å²) in [6.07, 6.45) is 0. The van der Waals surface area contributed by atoms with Crippen molar-refractivity contribution in [1.82, 2.24) is 15.2 Å². The number of para-hydroxylation sites is 1. The Labute approximate surface area is 195 Å². The molecule has 0 radical (unpaired) electrons. The zero-order chi connectivity index (χ0) is 22.5. The molecule has 0 saturated heterocycles. The SMILES string of the molecule is C[C@H](Sc1nnc(Nc2ccccc2)s1)C(=O)Nc1nc(-c2cccc([N+](=O)[O-])c2)cs1. The number of anilines is 3. The molecule has 1 amide bonds. The van der Waals surface area contributed by atoms with Gasteiger partial charge in [0.2, 0.25) is 11.0 Å². The normalized spacial score (nSPS) is 11.7. The number of thiazole rings is 1. The molecule has 0 unspecified atom stereocenters. The summed E-state index contributed by atoms with van der Waals surface area (Å²) in [7, 11) is 0. The molecular weight excluding hydrogens is 468 g/mol. The lowest BCUT2D eigenvalue weighted by Crippen LogP contribution is -2.22. The van der Waals surface area contributed by atoms with E-state index in [0.717, 1.165) is 5.69 Å². The van der Waals surface area contributed by atoms with Gasteiger partial charge in [-0.25, -0.2) is 4.98 Å². The summed E-state index contributed by atoms with van der Waals surface area (Å²) in [5.74, 6) is -0.220. The number of aromatic nitrogens is 3. The van der Waals surface area contributed by atoms with Gasteiger partial charge in [-0.05, 0) is 19.1 Å². The molecule has 4 rings (SSSR count). The van der Waals surface area contributed by atoms with E-state index in [4.69, 9.17) is 0 Å². The van der Waals surface area contributed by atoms with Crippen molar-refractivity contribution in [2.75, 3.05) is 10.6 Å². The fourth-order valence-corrected chi connectivity index (χ4v) is 5.25. The van der Waals surface area contributed by atoms with Gasteiger partial charge in [0.1, 0.15) is 0 Å². The number of carbonyl (C=O) groups excluding carboxylic acids is 1. The Kier molecular flexibility index (Phi) is 6.73. The minimum atomic E-state index is -0.453. The number of carbonyl (C=O) groups is 1. The Morgan fingerprint density at radius 2 is 1.94 bits per heavy atom. The van der Waals surface area contributed by atoms with Gasteiger partial charge in [0.15, 0.2) is 9.47 Å². The van der Waals surface area contributed by atoms with E-state index in [9.17, 15) is 14.9 Å². The fourth-order valence-electron chi connectivity index (χ4n) is 2.61. The van der Waals surface area contributed by atoms with Crippen molar-refractivity contribution in [1.29, 1.82) is 0 Å². The van der Waals surface area contributed by atoms with Crippen LogP contribution >= 0.6 is 34.4 Å². The zero-order valence-electron chi connectivity index (χ0n) is 16.6. The van der Waals surface area contributed by atoms with Crippen LogP contribution in [-0.4, -0.2) is 31.3 Å². The van der Waals surface area contributed by atoms with Gasteiger partial charge in [0.05, 0.1) is 15.9 Å². The first-order valence-electron chi connectivity index (χ1n) is 9.31. The number of hydrogen-bond acceptors (Lipinski definition) is 10. The fraction of sp³-hybridized carbons (Fsp3) is 0.100. The minimum absolute atomic E-state index is 0.00992. The van der Waals surface area contributed by atoms with Crippen LogP contribution in [0.2, 0.25) is 0 Å². The summed E-state index contributed by atoms with van der Waals surface area (Å²) in [4.78, 5) is 27.5. The molecule has 0 fully saturated rings. The number of non-ortho nitro benzene ring substituents is 1. The number of rotatable bonds is 8. The third-order valence-electron chi connectivity index (χ3n) is 4.17. The number of nitrogens with zero attached hydrogens (tertiary/aromatic N) is 4. The Hall–Kier alpha value is -3.35. The van der Waals surface area contributed by atoms with Gasteiger partial charge in [0.25, 0.3) is 5.69 Å². The minimum Gasteiger partial charge on any atom is -0.330 e. The second kappa shape index (κ2) is 9.85. The first kappa shape index (κ1) is 21.9. The molecule has 2 aromatic carbocycles. The predicted octanol–water partition coefficient (Wildman–Crippen LogP) is 5.43. The van der Waals surface area contributed by atoms with E-state index in [-0.39, 0.29) is 11.6 Å². The van der Waals surface area contributed by atoms with Crippen molar-refractivity contribution >= 4 is 62.0 Å². The maximum Gasteiger partial charge on any atom is 0.270 e. The number of nitro groups is 1. The van der Waals surface area contributed by atoms with Crippen molar-refractivity contribution in [3.63, 3.8) is 0 Å². The third-order valence-corrected chi connectivity index (χ3v) is 6.95. The highest BCUT2D eigenvalue weighted by atomic mass is 32.2. The lowest BCUT2D eigenvalue weighted by Gasteiger charge is -2.07. The molecule has 9 nitrogen and oxygen atoms in total. The van der Waals surface area contributed by atoms with Gasteiger partial charge >= 0.3 is 0 Å². The van der Waals surface area contributed by atoms with Crippen LogP contribution in [0.1, 0.15) is 6.92 Å². The van der Waals surface area contributed by atoms with E-state index in [2.05, 4.69) is 25.8 Å². The number of benzene rings is 2. The van der Waals surface area contributed by atoms with Gasteiger partial charge in [-0.2, -0.15) is 0 Å². The maximum atomic E-state index is 12.6. The van der Waals surface area contributed by atoms with E-state index < -0.39 is 10.2 Å². The molecule has 0 aliphatic rings. The van der Waals surface area contributed by atoms with E-state index in [1.165, 1.54) is 46.6 Å². The molecule has 4 aromatic rings. The summed E-state index contributed by atoms with van der Waals surface area (Å²) in [6.45, 7) is 1.78. The molecule has 32 heavy (non-hydrogen) atoms. The molecule has 1 atom stereocenters. The maximum absolute atomic E-state index is 12.6. The van der Waals surface area contributed by atoms with Crippen molar-refractivity contribution in [3.05, 3.63) is 70.1 Å². The standard InChI is InChI=1S/C20H16N6O3S3/c1-12(31-20-25-24-19(32-20)21-14-7-3-2-4-8-14)17(27)23-18-22-16(11-30-18)13-6-5-9-15(10-13)26(28)29/h2-12H,1H3,(H,21,24)(H,22,23,27)/t12-/m0/s1. The molecule has 2 aromatic heterocycles. The lowest BCUT2D eigenvalue weighted by atomic mass is 10.1. The Bertz CT molecular complexity index is 1240. The number of nitro benzene ring substituents is 1. The molecule has 12 heteroatoms. The smallest absolute Gasteiger partial charge is 0.270 e. The van der Waals surface area contributed by atoms with Crippen LogP contribution in [0.3, 0.4) is 0 Å². The molecule has 0 bridgehead atoms. The van der Waals surface area contributed by atoms with Crippen molar-refractivity contribution in [2.24, 2.45) is 0 Å². The van der Waals surface area contributed by atoms with Crippen molar-refractivity contribution < 1.29 is 9.72 Å². The number of hydrogen-bond donors (Lipinski definition) is 2. The summed E-state index contributed by atoms with van der Waals surface area (Å²) < 4.78 is 0.669. The zero-order valence-corrected chi connectivity index (χ0v) is 19.0. The number of nitrogens with one attached hydrogen (secondary N) is 2. The van der Waals surface area contributed by atoms with Gasteiger partial charge in [-0.3, -0.25) is 14.9 Å². The van der Waals surface area contributed by atoms with Crippen LogP contribution in [0.25, 0.3) is 11.3 Å². The molecule has 0 spiro atoms. The van der Waals surface area contributed by atoms with Crippen LogP contribution in [-0.2, 0) is 4.79 Å². The molecule has 0 saturated carbocycles. The highest BCUT2D eigenvalue weighted by Gasteiger charge is 2.19. The van der Waals surface area contributed by atoms with Crippen molar-refractivity contribution in [2.45, 2.75) is 16.5 Å². The molecule has 2 N–H and O–H groups in total. The van der Waals surface area contributed by atoms with Gasteiger partial charge < -0.3 is 10.6 Å². The second-order valence-corrected chi connectivity index (χ2v) is 9.88. The van der Waals surface area contributed by atoms with Gasteiger partial charge in [-0.15, -0.1) is 21.5 Å². The third kappa shape index (κ3) is 5.46. The first-order chi connectivity index (χ1) is 15.5. The monoisotopic (exact) mass is 484 g/mol. The van der Waals surface area contributed by atoms with E-state index >= 15 is 0 Å². The molecule has 2 heterocycles. The predicted molar refractivity (Wildman–Crippen MR) is 128 cm³/mol. The van der Waals surface area contributed by atoms with Gasteiger partial charge in [-0.1, -0.05) is 53.4 Å². The van der Waals surface area contributed by atoms with Crippen LogP contribution < -0.4 is 10.6 Å². The van der Waals surface area contributed by atoms with Gasteiger partial charge in [0, 0.05) is 28.8 Å². The van der Waals surface area contributed by atoms with Crippen LogP contribution in [0.4, 0.5) is 21.6 Å². The summed E-state index contributed by atoms with van der Waals surface area (Å²) in [5.41, 5.74) is 2.08. The average molecular weight is 485 g/mol. The Morgan fingerprint density at radius 3 is 2.72 bits per heavy atom. The Balaban J connectivity index is 1.35. The highest BCUT2D eigenvalue weighted by molar-refractivity contribution is 8.02. The second-order valence-electron chi connectivity index (χ2n) is 6.46. The first-order valence-corrected chi connectivity index (χ1v) is 11.9.